The molecule has 0 rings (SSSR count). The molecule has 0 atom stereocenters. The standard InChI is InChI=1S/C7H11O2/c1-6(8)4-3-5-7(2)9/h1,3-5H2,2H3. The van der Waals surface area contributed by atoms with E-state index in [1.165, 1.54) is 6.92 Å². The molecule has 0 aliphatic rings. The van der Waals surface area contributed by atoms with Gasteiger partial charge in [-0.05, 0) is 13.3 Å². The summed E-state index contributed by atoms with van der Waals surface area (Å²) in [4.78, 5) is 20.5. The highest BCUT2D eigenvalue weighted by molar-refractivity contribution is 5.83. The Morgan fingerprint density at radius 2 is 1.89 bits per heavy atom. The number of hydrogen-bond donors (Lipinski definition) is 0. The number of rotatable bonds is 4. The summed E-state index contributed by atoms with van der Waals surface area (Å²) in [6.45, 7) is 4.71. The molecule has 0 aromatic rings. The van der Waals surface area contributed by atoms with Crippen molar-refractivity contribution in [3.63, 3.8) is 0 Å². The summed E-state index contributed by atoms with van der Waals surface area (Å²) in [5.41, 5.74) is 0. The molecule has 0 N–H and O–H groups in total. The van der Waals surface area contributed by atoms with Crippen LogP contribution in [0, 0.1) is 6.92 Å². The molecule has 0 saturated carbocycles. The highest BCUT2D eigenvalue weighted by atomic mass is 16.1. The molecule has 51 valence electrons. The van der Waals surface area contributed by atoms with Crippen molar-refractivity contribution < 1.29 is 9.59 Å². The van der Waals surface area contributed by atoms with Crippen LogP contribution in [0.15, 0.2) is 0 Å². The van der Waals surface area contributed by atoms with E-state index in [0.29, 0.717) is 19.3 Å². The molecule has 0 heterocycles. The van der Waals surface area contributed by atoms with E-state index in [0.717, 1.165) is 0 Å². The third-order valence-corrected chi connectivity index (χ3v) is 0.984. The first kappa shape index (κ1) is 8.34. The fourth-order valence-corrected chi connectivity index (χ4v) is 0.535. The van der Waals surface area contributed by atoms with Crippen LogP contribution in [-0.4, -0.2) is 11.6 Å². The van der Waals surface area contributed by atoms with Crippen molar-refractivity contribution >= 4 is 11.6 Å². The van der Waals surface area contributed by atoms with Crippen LogP contribution >= 0.6 is 0 Å². The second-order valence-electron chi connectivity index (χ2n) is 2.09. The molecule has 1 radical (unpaired) electrons. The van der Waals surface area contributed by atoms with Crippen molar-refractivity contribution in [3.05, 3.63) is 6.92 Å². The summed E-state index contributed by atoms with van der Waals surface area (Å²) >= 11 is 0. The third-order valence-electron chi connectivity index (χ3n) is 0.984. The molecular weight excluding hydrogens is 116 g/mol. The molecule has 0 aromatic heterocycles. The fraction of sp³-hybridized carbons (Fsp3) is 0.571. The Balaban J connectivity index is 3.10. The van der Waals surface area contributed by atoms with Gasteiger partial charge in [0, 0.05) is 19.8 Å². The molecule has 0 spiro atoms. The maximum absolute atomic E-state index is 10.3. The average molecular weight is 127 g/mol. The Labute approximate surface area is 55.3 Å². The minimum atomic E-state index is -0.0868. The first-order valence-electron chi connectivity index (χ1n) is 2.97. The maximum Gasteiger partial charge on any atom is 0.133 e. The van der Waals surface area contributed by atoms with Crippen LogP contribution in [0.1, 0.15) is 26.2 Å². The van der Waals surface area contributed by atoms with Gasteiger partial charge in [-0.1, -0.05) is 0 Å². The molecule has 0 aliphatic carbocycles. The van der Waals surface area contributed by atoms with E-state index >= 15 is 0 Å². The lowest BCUT2D eigenvalue weighted by Gasteiger charge is -1.90. The molecular formula is C7H11O2. The van der Waals surface area contributed by atoms with Crippen molar-refractivity contribution in [2.75, 3.05) is 0 Å². The molecule has 2 nitrogen and oxygen atoms in total. The van der Waals surface area contributed by atoms with E-state index in [-0.39, 0.29) is 11.6 Å². The Kier molecular flexibility index (Phi) is 3.93. The Morgan fingerprint density at radius 1 is 1.33 bits per heavy atom. The lowest BCUT2D eigenvalue weighted by atomic mass is 10.1. The van der Waals surface area contributed by atoms with Crippen LogP contribution in [0.2, 0.25) is 0 Å². The molecule has 0 saturated heterocycles. The topological polar surface area (TPSA) is 34.1 Å². The van der Waals surface area contributed by atoms with E-state index in [4.69, 9.17) is 0 Å². The van der Waals surface area contributed by atoms with Gasteiger partial charge in [-0.2, -0.15) is 0 Å². The second kappa shape index (κ2) is 4.24. The minimum Gasteiger partial charge on any atom is -0.300 e. The zero-order chi connectivity index (χ0) is 7.28. The van der Waals surface area contributed by atoms with Crippen LogP contribution in [0.4, 0.5) is 0 Å². The van der Waals surface area contributed by atoms with Gasteiger partial charge in [0.05, 0.1) is 0 Å². The van der Waals surface area contributed by atoms with Gasteiger partial charge in [0.2, 0.25) is 0 Å². The first-order valence-corrected chi connectivity index (χ1v) is 2.97. The zero-order valence-corrected chi connectivity index (χ0v) is 5.64. The van der Waals surface area contributed by atoms with Gasteiger partial charge in [-0.15, -0.1) is 0 Å². The van der Waals surface area contributed by atoms with Gasteiger partial charge in [0.1, 0.15) is 11.6 Å². The third kappa shape index (κ3) is 7.34. The molecule has 2 heteroatoms. The zero-order valence-electron chi connectivity index (χ0n) is 5.64. The summed E-state index contributed by atoms with van der Waals surface area (Å²) in [7, 11) is 0. The number of ketones is 2. The Bertz CT molecular complexity index is 102. The second-order valence-corrected chi connectivity index (χ2v) is 2.09. The van der Waals surface area contributed by atoms with Gasteiger partial charge >= 0.3 is 0 Å². The number of carbonyl (C=O) groups excluding carboxylic acids is 2. The molecule has 0 aromatic carbocycles. The highest BCUT2D eigenvalue weighted by Gasteiger charge is 1.95. The van der Waals surface area contributed by atoms with Gasteiger partial charge < -0.3 is 4.79 Å². The van der Waals surface area contributed by atoms with Gasteiger partial charge in [0.15, 0.2) is 0 Å². The number of carbonyl (C=O) groups is 2. The monoisotopic (exact) mass is 127 g/mol. The van der Waals surface area contributed by atoms with Crippen molar-refractivity contribution in [2.24, 2.45) is 0 Å². The molecule has 0 aliphatic heterocycles. The van der Waals surface area contributed by atoms with Crippen LogP contribution in [0.25, 0.3) is 0 Å². The molecule has 0 bridgehead atoms. The van der Waals surface area contributed by atoms with E-state index in [9.17, 15) is 9.59 Å². The predicted molar refractivity (Wildman–Crippen MR) is 34.9 cm³/mol. The highest BCUT2D eigenvalue weighted by Crippen LogP contribution is 1.95. The number of Topliss-reactive ketones (excluding diaryl/α,β-unsaturated/α-hetero) is 2. The van der Waals surface area contributed by atoms with Crippen LogP contribution in [0.3, 0.4) is 0 Å². The van der Waals surface area contributed by atoms with Gasteiger partial charge in [0.25, 0.3) is 0 Å². The van der Waals surface area contributed by atoms with Gasteiger partial charge in [-0.25, -0.2) is 0 Å². The van der Waals surface area contributed by atoms with E-state index in [1.807, 2.05) is 0 Å². The van der Waals surface area contributed by atoms with Crippen LogP contribution < -0.4 is 0 Å². The van der Waals surface area contributed by atoms with Crippen molar-refractivity contribution in [1.82, 2.24) is 0 Å². The maximum atomic E-state index is 10.3. The quantitative estimate of drug-likeness (QED) is 0.567. The normalized spacial score (nSPS) is 9.11. The first-order chi connectivity index (χ1) is 4.13. The van der Waals surface area contributed by atoms with E-state index in [1.54, 1.807) is 0 Å². The van der Waals surface area contributed by atoms with E-state index < -0.39 is 0 Å². The van der Waals surface area contributed by atoms with Crippen LogP contribution in [0.5, 0.6) is 0 Å². The Hall–Kier alpha value is -0.660. The molecule has 0 amide bonds. The summed E-state index contributed by atoms with van der Waals surface area (Å²) in [5.74, 6) is 0.0486. The minimum absolute atomic E-state index is 0.0868. The molecule has 0 unspecified atom stereocenters. The number of hydrogen-bond acceptors (Lipinski definition) is 2. The lowest BCUT2D eigenvalue weighted by Crippen LogP contribution is -1.94. The van der Waals surface area contributed by atoms with Crippen molar-refractivity contribution in [2.45, 2.75) is 26.2 Å². The predicted octanol–water partition coefficient (Wildman–Crippen LogP) is 1.15. The summed E-state index contributed by atoms with van der Waals surface area (Å²) < 4.78 is 0. The summed E-state index contributed by atoms with van der Waals surface area (Å²) in [5, 5.41) is 0. The average Bonchev–Trinajstić information content (AvgIpc) is 1.63. The van der Waals surface area contributed by atoms with Crippen LogP contribution in [-0.2, 0) is 9.59 Å². The largest absolute Gasteiger partial charge is 0.300 e. The molecule has 9 heavy (non-hydrogen) atoms. The van der Waals surface area contributed by atoms with Crippen molar-refractivity contribution in [3.8, 4) is 0 Å². The smallest absolute Gasteiger partial charge is 0.133 e. The Morgan fingerprint density at radius 3 is 2.22 bits per heavy atom. The fourth-order valence-electron chi connectivity index (χ4n) is 0.535. The lowest BCUT2D eigenvalue weighted by molar-refractivity contribution is -0.117. The van der Waals surface area contributed by atoms with Gasteiger partial charge in [-0.3, -0.25) is 4.79 Å². The molecule has 0 fully saturated rings. The SMILES string of the molecule is [CH2]C(=O)CCCC(C)=O. The summed E-state index contributed by atoms with van der Waals surface area (Å²) in [6, 6.07) is 0. The summed E-state index contributed by atoms with van der Waals surface area (Å²) in [6.07, 6.45) is 1.58. The van der Waals surface area contributed by atoms with E-state index in [2.05, 4.69) is 6.92 Å². The van der Waals surface area contributed by atoms with Crippen molar-refractivity contribution in [1.29, 1.82) is 0 Å².